The lowest BCUT2D eigenvalue weighted by molar-refractivity contribution is -0.136. The SMILES string of the molecule is N[C@@H]1[C@@H]2CC[C@H]1N(Cc1cccc3c1CN(C1CCC(=O)NC1=O)C3=O)C2. The van der Waals surface area contributed by atoms with Gasteiger partial charge in [0.05, 0.1) is 0 Å². The van der Waals surface area contributed by atoms with Gasteiger partial charge in [0.1, 0.15) is 6.04 Å². The van der Waals surface area contributed by atoms with Gasteiger partial charge in [-0.2, -0.15) is 0 Å². The largest absolute Gasteiger partial charge is 0.326 e. The van der Waals surface area contributed by atoms with E-state index in [0.29, 0.717) is 30.5 Å². The zero-order valence-corrected chi connectivity index (χ0v) is 15.2. The summed E-state index contributed by atoms with van der Waals surface area (Å²) in [6.07, 6.45) is 3.04. The number of hydrogen-bond donors (Lipinski definition) is 2. The van der Waals surface area contributed by atoms with Crippen molar-refractivity contribution in [2.75, 3.05) is 6.54 Å². The first-order valence-electron chi connectivity index (χ1n) is 9.78. The quantitative estimate of drug-likeness (QED) is 0.752. The Kier molecular flexibility index (Phi) is 3.84. The van der Waals surface area contributed by atoms with Gasteiger partial charge in [-0.1, -0.05) is 12.1 Å². The van der Waals surface area contributed by atoms with Crippen molar-refractivity contribution in [2.24, 2.45) is 11.7 Å². The highest BCUT2D eigenvalue weighted by Crippen LogP contribution is 2.38. The average molecular weight is 368 g/mol. The van der Waals surface area contributed by atoms with Gasteiger partial charge in [-0.05, 0) is 42.4 Å². The fourth-order valence-corrected chi connectivity index (χ4v) is 5.36. The van der Waals surface area contributed by atoms with Gasteiger partial charge in [-0.25, -0.2) is 0 Å². The maximum absolute atomic E-state index is 12.9. The molecule has 3 heterocycles. The molecular weight excluding hydrogens is 344 g/mol. The molecule has 1 aromatic carbocycles. The number of nitrogens with two attached hydrogens (primary N) is 1. The lowest BCUT2D eigenvalue weighted by Crippen LogP contribution is -2.52. The molecule has 3 N–H and O–H groups in total. The molecule has 142 valence electrons. The van der Waals surface area contributed by atoms with E-state index >= 15 is 0 Å². The van der Waals surface area contributed by atoms with Crippen LogP contribution in [0.4, 0.5) is 0 Å². The smallest absolute Gasteiger partial charge is 0.255 e. The van der Waals surface area contributed by atoms with Crippen LogP contribution in [0.2, 0.25) is 0 Å². The molecule has 27 heavy (non-hydrogen) atoms. The molecule has 2 saturated heterocycles. The molecule has 3 fully saturated rings. The molecule has 5 rings (SSSR count). The Morgan fingerprint density at radius 1 is 1.15 bits per heavy atom. The van der Waals surface area contributed by atoms with Gasteiger partial charge in [0, 0.05) is 43.7 Å². The summed E-state index contributed by atoms with van der Waals surface area (Å²) in [5.41, 5.74) is 9.18. The Bertz CT molecular complexity index is 839. The van der Waals surface area contributed by atoms with Gasteiger partial charge in [0.15, 0.2) is 0 Å². The fraction of sp³-hybridized carbons (Fsp3) is 0.550. The van der Waals surface area contributed by atoms with Crippen molar-refractivity contribution in [1.82, 2.24) is 15.1 Å². The first-order chi connectivity index (χ1) is 13.0. The van der Waals surface area contributed by atoms with Crippen LogP contribution in [0, 0.1) is 5.92 Å². The molecular formula is C20H24N4O3. The molecule has 1 aromatic rings. The number of amides is 3. The topological polar surface area (TPSA) is 95.7 Å². The van der Waals surface area contributed by atoms with E-state index in [4.69, 9.17) is 5.73 Å². The van der Waals surface area contributed by atoms with E-state index < -0.39 is 6.04 Å². The summed E-state index contributed by atoms with van der Waals surface area (Å²) in [6, 6.07) is 5.99. The third-order valence-electron chi connectivity index (χ3n) is 6.81. The molecule has 4 atom stereocenters. The minimum atomic E-state index is -0.563. The summed E-state index contributed by atoms with van der Waals surface area (Å²) < 4.78 is 0. The third kappa shape index (κ3) is 2.60. The van der Waals surface area contributed by atoms with E-state index in [1.54, 1.807) is 4.90 Å². The first-order valence-corrected chi connectivity index (χ1v) is 9.78. The lowest BCUT2D eigenvalue weighted by atomic mass is 10.0. The number of likely N-dealkylation sites (tertiary alicyclic amines) is 1. The Balaban J connectivity index is 1.38. The Hall–Kier alpha value is -2.25. The van der Waals surface area contributed by atoms with Gasteiger partial charge in [0.2, 0.25) is 11.8 Å². The molecule has 4 aliphatic rings. The van der Waals surface area contributed by atoms with Crippen molar-refractivity contribution in [3.05, 3.63) is 34.9 Å². The van der Waals surface area contributed by atoms with Crippen LogP contribution >= 0.6 is 0 Å². The number of rotatable bonds is 3. The Labute approximate surface area is 157 Å². The average Bonchev–Trinajstić information content (AvgIpc) is 3.27. The number of nitrogens with zero attached hydrogens (tertiary/aromatic N) is 2. The first kappa shape index (κ1) is 16.9. The van der Waals surface area contributed by atoms with Crippen LogP contribution in [0.1, 0.15) is 47.2 Å². The number of benzene rings is 1. The number of hydrogen-bond acceptors (Lipinski definition) is 5. The van der Waals surface area contributed by atoms with E-state index in [1.807, 2.05) is 12.1 Å². The van der Waals surface area contributed by atoms with Crippen molar-refractivity contribution in [3.63, 3.8) is 0 Å². The van der Waals surface area contributed by atoms with Crippen LogP contribution in [0.15, 0.2) is 18.2 Å². The van der Waals surface area contributed by atoms with E-state index in [1.165, 1.54) is 6.42 Å². The number of imide groups is 1. The molecule has 0 aromatic heterocycles. The molecule has 3 aliphatic heterocycles. The van der Waals surface area contributed by atoms with Crippen LogP contribution in [0.25, 0.3) is 0 Å². The second kappa shape index (κ2) is 6.14. The van der Waals surface area contributed by atoms with Crippen molar-refractivity contribution >= 4 is 17.7 Å². The minimum absolute atomic E-state index is 0.110. The number of nitrogens with one attached hydrogen (secondary N) is 1. The predicted molar refractivity (Wildman–Crippen MR) is 97.4 cm³/mol. The van der Waals surface area contributed by atoms with Crippen LogP contribution in [0.3, 0.4) is 0 Å². The summed E-state index contributed by atoms with van der Waals surface area (Å²) in [7, 11) is 0. The number of carbonyl (C=O) groups excluding carboxylic acids is 3. The standard InChI is InChI=1S/C20H24N4O3/c21-18-12-4-5-15(18)23(9-12)8-11-2-1-3-13-14(11)10-24(20(13)27)16-6-7-17(25)22-19(16)26/h1-3,12,15-16,18H,4-10,21H2,(H,22,25,26)/t12-,15-,16?,18-/m1/s1. The van der Waals surface area contributed by atoms with Crippen molar-refractivity contribution < 1.29 is 14.4 Å². The maximum Gasteiger partial charge on any atom is 0.255 e. The van der Waals surface area contributed by atoms with Gasteiger partial charge in [0.25, 0.3) is 5.91 Å². The zero-order valence-electron chi connectivity index (χ0n) is 15.2. The Morgan fingerprint density at radius 2 is 2.00 bits per heavy atom. The molecule has 1 saturated carbocycles. The fourth-order valence-electron chi connectivity index (χ4n) is 5.36. The zero-order chi connectivity index (χ0) is 18.7. The van der Waals surface area contributed by atoms with E-state index in [-0.39, 0.29) is 30.2 Å². The molecule has 7 heteroatoms. The van der Waals surface area contributed by atoms with E-state index in [2.05, 4.69) is 16.3 Å². The molecule has 1 unspecified atom stereocenters. The van der Waals surface area contributed by atoms with Crippen LogP contribution in [-0.4, -0.2) is 52.2 Å². The highest BCUT2D eigenvalue weighted by molar-refractivity contribution is 6.05. The lowest BCUT2D eigenvalue weighted by Gasteiger charge is -2.29. The molecule has 0 spiro atoms. The normalized spacial score (nSPS) is 32.9. The summed E-state index contributed by atoms with van der Waals surface area (Å²) >= 11 is 0. The third-order valence-corrected chi connectivity index (χ3v) is 6.81. The summed E-state index contributed by atoms with van der Waals surface area (Å²) in [6.45, 7) is 2.26. The van der Waals surface area contributed by atoms with Crippen LogP contribution < -0.4 is 11.1 Å². The number of fused-ring (bicyclic) bond motifs is 3. The van der Waals surface area contributed by atoms with Crippen LogP contribution in [0.5, 0.6) is 0 Å². The van der Waals surface area contributed by atoms with Crippen molar-refractivity contribution in [2.45, 2.75) is 56.9 Å². The van der Waals surface area contributed by atoms with E-state index in [0.717, 1.165) is 30.6 Å². The summed E-state index contributed by atoms with van der Waals surface area (Å²) in [5, 5.41) is 2.36. The number of piperidine rings is 2. The molecule has 7 nitrogen and oxygen atoms in total. The second-order valence-electron chi connectivity index (χ2n) is 8.25. The van der Waals surface area contributed by atoms with Gasteiger partial charge in [-0.15, -0.1) is 0 Å². The molecule has 1 aliphatic carbocycles. The molecule has 0 radical (unpaired) electrons. The van der Waals surface area contributed by atoms with Gasteiger partial charge in [-0.3, -0.25) is 24.6 Å². The molecule has 3 amide bonds. The van der Waals surface area contributed by atoms with Crippen molar-refractivity contribution in [3.8, 4) is 0 Å². The van der Waals surface area contributed by atoms with Crippen LogP contribution in [-0.2, 0) is 22.7 Å². The highest BCUT2D eigenvalue weighted by Gasteiger charge is 2.45. The molecule has 2 bridgehead atoms. The van der Waals surface area contributed by atoms with Gasteiger partial charge >= 0.3 is 0 Å². The van der Waals surface area contributed by atoms with Crippen molar-refractivity contribution in [1.29, 1.82) is 0 Å². The summed E-state index contributed by atoms with van der Waals surface area (Å²) in [5.74, 6) is -0.146. The monoisotopic (exact) mass is 368 g/mol. The number of carbonyl (C=O) groups is 3. The second-order valence-corrected chi connectivity index (χ2v) is 8.25. The highest BCUT2D eigenvalue weighted by atomic mass is 16.2. The predicted octanol–water partition coefficient (Wildman–Crippen LogP) is 0.369. The van der Waals surface area contributed by atoms with E-state index in [9.17, 15) is 14.4 Å². The summed E-state index contributed by atoms with van der Waals surface area (Å²) in [4.78, 5) is 40.6. The minimum Gasteiger partial charge on any atom is -0.326 e. The maximum atomic E-state index is 12.9. The van der Waals surface area contributed by atoms with Gasteiger partial charge < -0.3 is 10.6 Å². The Morgan fingerprint density at radius 3 is 2.70 bits per heavy atom.